The Morgan fingerprint density at radius 3 is 2.53 bits per heavy atom. The van der Waals surface area contributed by atoms with Crippen LogP contribution in [0.5, 0.6) is 11.5 Å². The molecule has 0 radical (unpaired) electrons. The molecule has 0 aliphatic rings. The third-order valence-electron chi connectivity index (χ3n) is 2.10. The molecular formula is C10H14BrNO3. The maximum atomic E-state index is 9.07. The highest BCUT2D eigenvalue weighted by atomic mass is 79.9. The zero-order valence-electron chi connectivity index (χ0n) is 8.66. The highest BCUT2D eigenvalue weighted by Crippen LogP contribution is 2.38. The minimum Gasteiger partial charge on any atom is -0.496 e. The Bertz CT molecular complexity index is 344. The molecule has 0 amide bonds. The molecule has 4 nitrogen and oxygen atoms in total. The van der Waals surface area contributed by atoms with Crippen molar-refractivity contribution >= 4 is 15.9 Å². The maximum absolute atomic E-state index is 9.07. The minimum absolute atomic E-state index is 0.164. The second-order valence-electron chi connectivity index (χ2n) is 2.99. The van der Waals surface area contributed by atoms with E-state index in [2.05, 4.69) is 15.9 Å². The number of methoxy groups -OCH3 is 2. The average molecular weight is 276 g/mol. The van der Waals surface area contributed by atoms with Gasteiger partial charge < -0.3 is 20.3 Å². The summed E-state index contributed by atoms with van der Waals surface area (Å²) in [5, 5.41) is 9.07. The van der Waals surface area contributed by atoms with Gasteiger partial charge in [-0.2, -0.15) is 0 Å². The second kappa shape index (κ2) is 5.34. The highest BCUT2D eigenvalue weighted by Gasteiger charge is 2.19. The number of rotatable bonds is 4. The van der Waals surface area contributed by atoms with E-state index in [1.54, 1.807) is 20.3 Å². The van der Waals surface area contributed by atoms with Crippen LogP contribution >= 0.6 is 15.9 Å². The number of hydrogen-bond acceptors (Lipinski definition) is 4. The molecule has 0 saturated carbocycles. The molecule has 3 N–H and O–H groups in total. The van der Waals surface area contributed by atoms with Crippen LogP contribution in [0.15, 0.2) is 16.6 Å². The van der Waals surface area contributed by atoms with Crippen molar-refractivity contribution in [2.45, 2.75) is 6.04 Å². The van der Waals surface area contributed by atoms with Crippen LogP contribution in [0.4, 0.5) is 0 Å². The van der Waals surface area contributed by atoms with E-state index in [1.165, 1.54) is 0 Å². The fraction of sp³-hybridized carbons (Fsp3) is 0.400. The number of ether oxygens (including phenoxy) is 2. The van der Waals surface area contributed by atoms with Crippen LogP contribution in [0.25, 0.3) is 0 Å². The van der Waals surface area contributed by atoms with Gasteiger partial charge in [-0.25, -0.2) is 0 Å². The van der Waals surface area contributed by atoms with E-state index in [4.69, 9.17) is 20.3 Å². The smallest absolute Gasteiger partial charge is 0.141 e. The lowest BCUT2D eigenvalue weighted by molar-refractivity contribution is 0.260. The van der Waals surface area contributed by atoms with Crippen LogP contribution in [0.2, 0.25) is 0 Å². The summed E-state index contributed by atoms with van der Waals surface area (Å²) in [6.07, 6.45) is 0. The van der Waals surface area contributed by atoms with Gasteiger partial charge >= 0.3 is 0 Å². The van der Waals surface area contributed by atoms with Gasteiger partial charge in [0.25, 0.3) is 0 Å². The number of aliphatic hydroxyl groups is 1. The lowest BCUT2D eigenvalue weighted by atomic mass is 10.1. The molecular weight excluding hydrogens is 262 g/mol. The van der Waals surface area contributed by atoms with Crippen molar-refractivity contribution < 1.29 is 14.6 Å². The van der Waals surface area contributed by atoms with Gasteiger partial charge in [-0.1, -0.05) is 0 Å². The SMILES string of the molecule is COc1ccc(Br)c(OC)c1C(N)CO. The monoisotopic (exact) mass is 275 g/mol. The van der Waals surface area contributed by atoms with Gasteiger partial charge in [0, 0.05) is 0 Å². The first-order valence-electron chi connectivity index (χ1n) is 4.42. The predicted octanol–water partition coefficient (Wildman–Crippen LogP) is 1.46. The number of benzene rings is 1. The Morgan fingerprint density at radius 1 is 1.40 bits per heavy atom. The molecule has 0 saturated heterocycles. The highest BCUT2D eigenvalue weighted by molar-refractivity contribution is 9.10. The van der Waals surface area contributed by atoms with Gasteiger partial charge in [0.2, 0.25) is 0 Å². The summed E-state index contributed by atoms with van der Waals surface area (Å²) in [7, 11) is 3.10. The van der Waals surface area contributed by atoms with E-state index in [0.717, 1.165) is 4.47 Å². The van der Waals surface area contributed by atoms with Crippen LogP contribution in [-0.2, 0) is 0 Å². The van der Waals surface area contributed by atoms with E-state index in [9.17, 15) is 0 Å². The van der Waals surface area contributed by atoms with Crippen molar-refractivity contribution in [2.24, 2.45) is 5.73 Å². The second-order valence-corrected chi connectivity index (χ2v) is 3.84. The van der Waals surface area contributed by atoms with E-state index in [0.29, 0.717) is 17.1 Å². The van der Waals surface area contributed by atoms with Crippen LogP contribution < -0.4 is 15.2 Å². The standard InChI is InChI=1S/C10H14BrNO3/c1-14-8-4-3-6(11)10(15-2)9(8)7(12)5-13/h3-4,7,13H,5,12H2,1-2H3. The van der Waals surface area contributed by atoms with Crippen molar-refractivity contribution in [2.75, 3.05) is 20.8 Å². The topological polar surface area (TPSA) is 64.7 Å². The summed E-state index contributed by atoms with van der Waals surface area (Å²) >= 11 is 3.35. The van der Waals surface area contributed by atoms with Crippen LogP contribution in [0, 0.1) is 0 Å². The third kappa shape index (κ3) is 2.42. The molecule has 1 unspecified atom stereocenters. The molecule has 84 valence electrons. The van der Waals surface area contributed by atoms with Gasteiger partial charge in [0.05, 0.1) is 36.9 Å². The fourth-order valence-corrected chi connectivity index (χ4v) is 1.89. The summed E-state index contributed by atoms with van der Waals surface area (Å²) in [6.45, 7) is -0.164. The molecule has 0 fully saturated rings. The van der Waals surface area contributed by atoms with Gasteiger partial charge in [-0.15, -0.1) is 0 Å². The summed E-state index contributed by atoms with van der Waals surface area (Å²) in [5.41, 5.74) is 6.45. The first-order valence-corrected chi connectivity index (χ1v) is 5.21. The summed E-state index contributed by atoms with van der Waals surface area (Å²) < 4.78 is 11.2. The van der Waals surface area contributed by atoms with Crippen LogP contribution in [0.1, 0.15) is 11.6 Å². The van der Waals surface area contributed by atoms with E-state index < -0.39 is 6.04 Å². The normalized spacial score (nSPS) is 12.3. The molecule has 0 heterocycles. The number of nitrogens with two attached hydrogens (primary N) is 1. The molecule has 1 atom stereocenters. The van der Waals surface area contributed by atoms with Crippen molar-refractivity contribution in [1.82, 2.24) is 0 Å². The Balaban J connectivity index is 3.33. The molecule has 0 bridgehead atoms. The van der Waals surface area contributed by atoms with Crippen molar-refractivity contribution in [3.63, 3.8) is 0 Å². The zero-order chi connectivity index (χ0) is 11.4. The first-order chi connectivity index (χ1) is 7.15. The molecule has 0 spiro atoms. The maximum Gasteiger partial charge on any atom is 0.141 e. The Labute approximate surface area is 97.1 Å². The van der Waals surface area contributed by atoms with E-state index in [-0.39, 0.29) is 6.61 Å². The number of hydrogen-bond donors (Lipinski definition) is 2. The molecule has 15 heavy (non-hydrogen) atoms. The van der Waals surface area contributed by atoms with Crippen molar-refractivity contribution in [3.8, 4) is 11.5 Å². The first kappa shape index (κ1) is 12.3. The van der Waals surface area contributed by atoms with Gasteiger partial charge in [-0.05, 0) is 28.1 Å². The van der Waals surface area contributed by atoms with Gasteiger partial charge in [0.15, 0.2) is 0 Å². The van der Waals surface area contributed by atoms with Crippen molar-refractivity contribution in [1.29, 1.82) is 0 Å². The zero-order valence-corrected chi connectivity index (χ0v) is 10.2. The van der Waals surface area contributed by atoms with Crippen LogP contribution in [0.3, 0.4) is 0 Å². The summed E-state index contributed by atoms with van der Waals surface area (Å²) in [6, 6.07) is 3.07. The number of halogens is 1. The average Bonchev–Trinajstić information content (AvgIpc) is 2.27. The molecule has 1 rings (SSSR count). The summed E-state index contributed by atoms with van der Waals surface area (Å²) in [4.78, 5) is 0. The van der Waals surface area contributed by atoms with Gasteiger partial charge in [0.1, 0.15) is 11.5 Å². The molecule has 1 aromatic carbocycles. The van der Waals surface area contributed by atoms with Crippen LogP contribution in [-0.4, -0.2) is 25.9 Å². The minimum atomic E-state index is -0.521. The Morgan fingerprint density at radius 2 is 2.07 bits per heavy atom. The van der Waals surface area contributed by atoms with E-state index in [1.807, 2.05) is 6.07 Å². The molecule has 0 aliphatic heterocycles. The van der Waals surface area contributed by atoms with Crippen molar-refractivity contribution in [3.05, 3.63) is 22.2 Å². The number of aliphatic hydroxyl groups excluding tert-OH is 1. The third-order valence-corrected chi connectivity index (χ3v) is 2.72. The molecule has 0 aliphatic carbocycles. The lowest BCUT2D eigenvalue weighted by Gasteiger charge is -2.18. The molecule has 5 heteroatoms. The molecule has 1 aromatic rings. The fourth-order valence-electron chi connectivity index (χ4n) is 1.38. The van der Waals surface area contributed by atoms with E-state index >= 15 is 0 Å². The lowest BCUT2D eigenvalue weighted by Crippen LogP contribution is -2.16. The Hall–Kier alpha value is -0.780. The van der Waals surface area contributed by atoms with Gasteiger partial charge in [-0.3, -0.25) is 0 Å². The Kier molecular flexibility index (Phi) is 4.38. The molecule has 0 aromatic heterocycles. The quantitative estimate of drug-likeness (QED) is 0.873. The summed E-state index contributed by atoms with van der Waals surface area (Å²) in [5.74, 6) is 1.20. The predicted molar refractivity (Wildman–Crippen MR) is 61.3 cm³/mol. The largest absolute Gasteiger partial charge is 0.496 e.